The fraction of sp³-hybridized carbons (Fsp3) is 0.821. The molecule has 0 aromatic heterocycles. The first-order valence-electron chi connectivity index (χ1n) is 13.2. The Balaban J connectivity index is 1.37. The van der Waals surface area contributed by atoms with E-state index in [0.717, 1.165) is 56.5 Å². The van der Waals surface area contributed by atoms with Crippen LogP contribution in [0.3, 0.4) is 0 Å². The average molecular weight is 426 g/mol. The van der Waals surface area contributed by atoms with Gasteiger partial charge < -0.3 is 9.64 Å². The van der Waals surface area contributed by atoms with Crippen LogP contribution in [0.5, 0.6) is 0 Å². The van der Waals surface area contributed by atoms with E-state index in [2.05, 4.69) is 31.5 Å². The van der Waals surface area contributed by atoms with E-state index in [1.54, 1.807) is 5.57 Å². The number of carbonyl (C=O) groups excluding carboxylic acids is 1. The third-order valence-electron chi connectivity index (χ3n) is 10.5. The smallest absolute Gasteiger partial charge is 0.309 e. The van der Waals surface area contributed by atoms with Crippen molar-refractivity contribution >= 4 is 5.97 Å². The van der Waals surface area contributed by atoms with Crippen LogP contribution in [-0.2, 0) is 9.53 Å². The number of carbonyl (C=O) groups is 1. The highest BCUT2D eigenvalue weighted by Gasteiger charge is 2.64. The van der Waals surface area contributed by atoms with Crippen LogP contribution in [0, 0.1) is 35.0 Å². The third-order valence-corrected chi connectivity index (χ3v) is 10.5. The highest BCUT2D eigenvalue weighted by molar-refractivity contribution is 5.73. The first-order chi connectivity index (χ1) is 15.0. The van der Waals surface area contributed by atoms with Crippen LogP contribution in [-0.4, -0.2) is 36.6 Å². The second-order valence-corrected chi connectivity index (χ2v) is 11.8. The van der Waals surface area contributed by atoms with E-state index in [1.165, 1.54) is 51.4 Å². The molecule has 1 aliphatic heterocycles. The fourth-order valence-corrected chi connectivity index (χ4v) is 8.69. The molecule has 5 aliphatic rings. The number of allylic oxidation sites excluding steroid dienone is 2. The molecule has 3 saturated carbocycles. The molecule has 3 heteroatoms. The van der Waals surface area contributed by atoms with E-state index in [-0.39, 0.29) is 22.9 Å². The summed E-state index contributed by atoms with van der Waals surface area (Å²) in [6.45, 7) is 8.60. The van der Waals surface area contributed by atoms with Crippen LogP contribution in [0.2, 0.25) is 0 Å². The number of hydrogen-bond donors (Lipinski definition) is 0. The second kappa shape index (κ2) is 8.36. The normalized spacial score (nSPS) is 43.4. The number of hydrogen-bond acceptors (Lipinski definition) is 3. The first kappa shape index (κ1) is 21.7. The molecule has 0 bridgehead atoms. The molecule has 0 aromatic rings. The van der Waals surface area contributed by atoms with Crippen molar-refractivity contribution in [1.82, 2.24) is 4.90 Å². The average Bonchev–Trinajstić information content (AvgIpc) is 3.06. The lowest BCUT2D eigenvalue weighted by molar-refractivity contribution is -0.188. The summed E-state index contributed by atoms with van der Waals surface area (Å²) in [4.78, 5) is 15.7. The summed E-state index contributed by atoms with van der Waals surface area (Å²) < 4.78 is 6.63. The molecule has 0 radical (unpaired) electrons. The van der Waals surface area contributed by atoms with Gasteiger partial charge in [0.2, 0.25) is 0 Å². The van der Waals surface area contributed by atoms with Crippen molar-refractivity contribution in [2.75, 3.05) is 20.1 Å². The number of likely N-dealkylation sites (tertiary alicyclic amines) is 1. The van der Waals surface area contributed by atoms with Crippen molar-refractivity contribution < 1.29 is 9.53 Å². The van der Waals surface area contributed by atoms with E-state index >= 15 is 0 Å². The first-order valence-corrected chi connectivity index (χ1v) is 13.2. The minimum atomic E-state index is -0.326. The van der Waals surface area contributed by atoms with Gasteiger partial charge >= 0.3 is 5.97 Å². The van der Waals surface area contributed by atoms with Gasteiger partial charge in [-0.15, -0.1) is 6.58 Å². The highest BCUT2D eigenvalue weighted by Crippen LogP contribution is 2.66. The number of nitrogens with zero attached hydrogens (tertiary/aromatic N) is 1. The molecule has 5 rings (SSSR count). The Hall–Kier alpha value is -1.09. The number of ether oxygens (including phenoxy) is 1. The van der Waals surface area contributed by atoms with E-state index in [0.29, 0.717) is 5.92 Å². The van der Waals surface area contributed by atoms with Gasteiger partial charge in [-0.05, 0) is 114 Å². The lowest BCUT2D eigenvalue weighted by Crippen LogP contribution is -2.54. The summed E-state index contributed by atoms with van der Waals surface area (Å²) in [6, 6.07) is 0. The van der Waals surface area contributed by atoms with Gasteiger partial charge in [-0.2, -0.15) is 0 Å². The molecule has 172 valence electrons. The summed E-state index contributed by atoms with van der Waals surface area (Å²) in [6.07, 6.45) is 18.9. The zero-order chi connectivity index (χ0) is 21.6. The molecule has 6 atom stereocenters. The molecule has 3 nitrogen and oxygen atoms in total. The Morgan fingerprint density at radius 3 is 2.74 bits per heavy atom. The Bertz CT molecular complexity index is 735. The van der Waals surface area contributed by atoms with Gasteiger partial charge in [0.05, 0.1) is 5.92 Å². The number of piperidine rings is 1. The van der Waals surface area contributed by atoms with Crippen molar-refractivity contribution in [3.63, 3.8) is 0 Å². The van der Waals surface area contributed by atoms with Crippen molar-refractivity contribution in [3.8, 4) is 0 Å². The van der Waals surface area contributed by atoms with Crippen molar-refractivity contribution in [2.24, 2.45) is 35.0 Å². The van der Waals surface area contributed by atoms with Gasteiger partial charge in [-0.1, -0.05) is 24.6 Å². The molecule has 1 unspecified atom stereocenters. The summed E-state index contributed by atoms with van der Waals surface area (Å²) in [5.41, 5.74) is 1.58. The van der Waals surface area contributed by atoms with Crippen LogP contribution in [0.15, 0.2) is 24.3 Å². The number of esters is 1. The Morgan fingerprint density at radius 2 is 1.97 bits per heavy atom. The molecule has 1 saturated heterocycles. The quantitative estimate of drug-likeness (QED) is 0.400. The van der Waals surface area contributed by atoms with Gasteiger partial charge in [0.25, 0.3) is 0 Å². The molecule has 4 fully saturated rings. The lowest BCUT2D eigenvalue weighted by Gasteiger charge is -2.56. The maximum Gasteiger partial charge on any atom is 0.309 e. The molecule has 0 N–H and O–H groups in total. The maximum absolute atomic E-state index is 13.3. The van der Waals surface area contributed by atoms with Crippen molar-refractivity contribution in [1.29, 1.82) is 0 Å². The van der Waals surface area contributed by atoms with Gasteiger partial charge in [0, 0.05) is 11.8 Å². The second-order valence-electron chi connectivity index (χ2n) is 11.8. The van der Waals surface area contributed by atoms with E-state index in [4.69, 9.17) is 4.74 Å². The summed E-state index contributed by atoms with van der Waals surface area (Å²) >= 11 is 0. The Labute approximate surface area is 189 Å². The van der Waals surface area contributed by atoms with Crippen molar-refractivity contribution in [3.05, 3.63) is 24.3 Å². The highest BCUT2D eigenvalue weighted by atomic mass is 16.6. The van der Waals surface area contributed by atoms with Crippen LogP contribution in [0.25, 0.3) is 0 Å². The monoisotopic (exact) mass is 425 g/mol. The standard InChI is InChI=1S/C28H43NO2/c1-4-15-28(31-26(30)21-13-18-29(3)19-14-21)17-12-25-24-10-9-20-7-5-6-8-22(20)23(24)11-16-27(25,28)2/h4,7,21-25H,1,5-6,8-19H2,2-3H3/t22-,23+,24+,25-,27-,28?/m0/s1. The lowest BCUT2D eigenvalue weighted by atomic mass is 9.50. The third kappa shape index (κ3) is 3.54. The number of rotatable bonds is 4. The van der Waals surface area contributed by atoms with E-state index in [9.17, 15) is 4.79 Å². The Kier molecular flexibility index (Phi) is 5.86. The molecular weight excluding hydrogens is 382 g/mol. The van der Waals surface area contributed by atoms with Gasteiger partial charge in [-0.25, -0.2) is 0 Å². The molecule has 31 heavy (non-hydrogen) atoms. The SMILES string of the molecule is C=CCC1(OC(=O)C2CCN(C)CC2)CC[C@H]2[C@@H]3CCC4=CCCC[C@@H]4[C@H]3CC[C@@]21C. The summed E-state index contributed by atoms with van der Waals surface area (Å²) in [5, 5.41) is 0. The summed E-state index contributed by atoms with van der Waals surface area (Å²) in [5.74, 6) is 3.44. The molecule has 1 heterocycles. The van der Waals surface area contributed by atoms with Gasteiger partial charge in [-0.3, -0.25) is 4.79 Å². The van der Waals surface area contributed by atoms with Crippen molar-refractivity contribution in [2.45, 2.75) is 89.6 Å². The van der Waals surface area contributed by atoms with Gasteiger partial charge in [0.1, 0.15) is 5.60 Å². The minimum absolute atomic E-state index is 0.0834. The maximum atomic E-state index is 13.3. The van der Waals surface area contributed by atoms with Crippen LogP contribution in [0.1, 0.15) is 84.0 Å². The van der Waals surface area contributed by atoms with Crippen LogP contribution >= 0.6 is 0 Å². The summed E-state index contributed by atoms with van der Waals surface area (Å²) in [7, 11) is 2.15. The topological polar surface area (TPSA) is 29.5 Å². The predicted molar refractivity (Wildman–Crippen MR) is 126 cm³/mol. The van der Waals surface area contributed by atoms with Crippen LogP contribution < -0.4 is 0 Å². The largest absolute Gasteiger partial charge is 0.458 e. The van der Waals surface area contributed by atoms with E-state index < -0.39 is 0 Å². The van der Waals surface area contributed by atoms with E-state index in [1.807, 2.05) is 6.08 Å². The van der Waals surface area contributed by atoms with Crippen LogP contribution in [0.4, 0.5) is 0 Å². The van der Waals surface area contributed by atoms with Gasteiger partial charge in [0.15, 0.2) is 0 Å². The fourth-order valence-electron chi connectivity index (χ4n) is 8.69. The molecular formula is C28H43NO2. The zero-order valence-electron chi connectivity index (χ0n) is 19.9. The predicted octanol–water partition coefficient (Wildman–Crippen LogP) is 6.15. The Morgan fingerprint density at radius 1 is 1.16 bits per heavy atom. The zero-order valence-corrected chi connectivity index (χ0v) is 19.9. The minimum Gasteiger partial charge on any atom is -0.458 e. The molecule has 4 aliphatic carbocycles. The molecule has 0 aromatic carbocycles. The molecule has 0 amide bonds. The number of fused-ring (bicyclic) bond motifs is 5. The molecule has 0 spiro atoms.